The second kappa shape index (κ2) is 14.6. The van der Waals surface area contributed by atoms with Crippen molar-refractivity contribution in [2.24, 2.45) is 0 Å². The molecular weight excluding hydrogens is 721 g/mol. The van der Waals surface area contributed by atoms with Crippen LogP contribution in [0.15, 0.2) is 138 Å². The first-order valence-electron chi connectivity index (χ1n) is 21.2. The molecule has 9 rings (SSSR count). The van der Waals surface area contributed by atoms with Gasteiger partial charge in [0.1, 0.15) is 22.8 Å². The first-order chi connectivity index (χ1) is 28.4. The van der Waals surface area contributed by atoms with E-state index in [2.05, 4.69) is 193 Å². The summed E-state index contributed by atoms with van der Waals surface area (Å²) in [5, 5.41) is 2.19. The van der Waals surface area contributed by atoms with Crippen molar-refractivity contribution >= 4 is 56.3 Å². The van der Waals surface area contributed by atoms with E-state index in [-0.39, 0.29) is 10.8 Å². The molecule has 5 heteroatoms. The molecule has 0 spiro atoms. The number of hydrogen-bond donors (Lipinski definition) is 0. The molecule has 1 aliphatic carbocycles. The standard InChI is InChI=1S/C54H54N4O/c1-10-54(11-2)44-30-41(57(48-28-16-35(5)32-55-48)39-24-20-38(21-25-39)53(7,8)9)26-27-42(44)50-45(54)31-46(51-43-14-12-13-15-47(43)59-52(50)51)58(49-29-17-36(6)33-56-49)40-22-18-37(19-23-40)34(3)4/h12-34H,10-11H2,1-9H3. The number of rotatable bonds is 9. The van der Waals surface area contributed by atoms with Crippen LogP contribution in [0.25, 0.3) is 33.1 Å². The number of benzene rings is 5. The summed E-state index contributed by atoms with van der Waals surface area (Å²) >= 11 is 0. The third-order valence-corrected chi connectivity index (χ3v) is 12.7. The highest BCUT2D eigenvalue weighted by Gasteiger charge is 2.44. The van der Waals surface area contributed by atoms with E-state index < -0.39 is 0 Å². The number of aryl methyl sites for hydroxylation is 2. The summed E-state index contributed by atoms with van der Waals surface area (Å²) in [5.41, 5.74) is 15.8. The second-order valence-electron chi connectivity index (χ2n) is 17.7. The van der Waals surface area contributed by atoms with Crippen molar-refractivity contribution in [1.29, 1.82) is 0 Å². The summed E-state index contributed by atoms with van der Waals surface area (Å²) in [6.07, 6.45) is 5.77. The molecule has 0 amide bonds. The molecule has 1 aliphatic rings. The third-order valence-electron chi connectivity index (χ3n) is 12.7. The maximum Gasteiger partial charge on any atom is 0.145 e. The van der Waals surface area contributed by atoms with Gasteiger partial charge in [0.2, 0.25) is 0 Å². The Morgan fingerprint density at radius 2 is 1.24 bits per heavy atom. The lowest BCUT2D eigenvalue weighted by molar-refractivity contribution is 0.490. The van der Waals surface area contributed by atoms with Gasteiger partial charge in [-0.05, 0) is 138 Å². The van der Waals surface area contributed by atoms with Gasteiger partial charge >= 0.3 is 0 Å². The van der Waals surface area contributed by atoms with E-state index in [1.54, 1.807) is 0 Å². The van der Waals surface area contributed by atoms with E-state index in [9.17, 15) is 0 Å². The van der Waals surface area contributed by atoms with Gasteiger partial charge in [-0.2, -0.15) is 0 Å². The fourth-order valence-corrected chi connectivity index (χ4v) is 9.25. The molecule has 296 valence electrons. The summed E-state index contributed by atoms with van der Waals surface area (Å²) in [4.78, 5) is 14.7. The van der Waals surface area contributed by atoms with Crippen LogP contribution in [0.2, 0.25) is 0 Å². The molecule has 0 radical (unpaired) electrons. The summed E-state index contributed by atoms with van der Waals surface area (Å²) in [5.74, 6) is 2.19. The molecule has 8 aromatic rings. The number of aromatic nitrogens is 2. The lowest BCUT2D eigenvalue weighted by atomic mass is 9.73. The van der Waals surface area contributed by atoms with Gasteiger partial charge in [-0.25, -0.2) is 9.97 Å². The number of anilines is 6. The maximum absolute atomic E-state index is 7.07. The summed E-state index contributed by atoms with van der Waals surface area (Å²) in [6.45, 7) is 20.1. The van der Waals surface area contributed by atoms with E-state index in [0.29, 0.717) is 5.92 Å². The van der Waals surface area contributed by atoms with Crippen LogP contribution >= 0.6 is 0 Å². The van der Waals surface area contributed by atoms with Gasteiger partial charge < -0.3 is 4.42 Å². The number of para-hydroxylation sites is 1. The molecular formula is C54H54N4O. The topological polar surface area (TPSA) is 45.4 Å². The molecule has 0 bridgehead atoms. The minimum atomic E-state index is -0.279. The van der Waals surface area contributed by atoms with E-state index in [0.717, 1.165) is 80.3 Å². The van der Waals surface area contributed by atoms with E-state index >= 15 is 0 Å². The second-order valence-corrected chi connectivity index (χ2v) is 17.7. The van der Waals surface area contributed by atoms with Crippen molar-refractivity contribution in [2.75, 3.05) is 9.80 Å². The van der Waals surface area contributed by atoms with Crippen molar-refractivity contribution in [3.63, 3.8) is 0 Å². The predicted molar refractivity (Wildman–Crippen MR) is 248 cm³/mol. The molecule has 0 saturated heterocycles. The Hall–Kier alpha value is -6.20. The Kier molecular flexibility index (Phi) is 9.46. The molecule has 0 aliphatic heterocycles. The largest absolute Gasteiger partial charge is 0.455 e. The average Bonchev–Trinajstić information content (AvgIpc) is 3.76. The van der Waals surface area contributed by atoms with Gasteiger partial charge in [-0.3, -0.25) is 9.80 Å². The van der Waals surface area contributed by atoms with Crippen LogP contribution in [-0.2, 0) is 10.8 Å². The third kappa shape index (κ3) is 6.39. The number of furan rings is 1. The summed E-state index contributed by atoms with van der Waals surface area (Å²) in [6, 6.07) is 44.5. The van der Waals surface area contributed by atoms with Crippen LogP contribution in [0.1, 0.15) is 101 Å². The van der Waals surface area contributed by atoms with Gasteiger partial charge in [0.05, 0.1) is 11.1 Å². The minimum Gasteiger partial charge on any atom is -0.455 e. The molecule has 5 nitrogen and oxygen atoms in total. The molecule has 0 N–H and O–H groups in total. The highest BCUT2D eigenvalue weighted by atomic mass is 16.3. The van der Waals surface area contributed by atoms with Crippen molar-refractivity contribution in [1.82, 2.24) is 9.97 Å². The van der Waals surface area contributed by atoms with Crippen LogP contribution < -0.4 is 9.80 Å². The van der Waals surface area contributed by atoms with Gasteiger partial charge in [0.25, 0.3) is 0 Å². The Bertz CT molecular complexity index is 2800. The summed E-state index contributed by atoms with van der Waals surface area (Å²) < 4.78 is 7.07. The molecule has 3 heterocycles. The van der Waals surface area contributed by atoms with Crippen LogP contribution in [-0.4, -0.2) is 9.97 Å². The highest BCUT2D eigenvalue weighted by molar-refractivity contribution is 6.19. The van der Waals surface area contributed by atoms with Crippen LogP contribution in [0.4, 0.5) is 34.4 Å². The van der Waals surface area contributed by atoms with Crippen molar-refractivity contribution in [3.05, 3.63) is 167 Å². The lowest BCUT2D eigenvalue weighted by Crippen LogP contribution is -2.24. The van der Waals surface area contributed by atoms with Crippen molar-refractivity contribution in [2.45, 2.75) is 91.9 Å². The minimum absolute atomic E-state index is 0.0517. The van der Waals surface area contributed by atoms with Crippen LogP contribution in [0.3, 0.4) is 0 Å². The lowest BCUT2D eigenvalue weighted by Gasteiger charge is -2.33. The number of nitrogens with zero attached hydrogens (tertiary/aromatic N) is 4. The molecule has 59 heavy (non-hydrogen) atoms. The molecule has 0 unspecified atom stereocenters. The first-order valence-corrected chi connectivity index (χ1v) is 21.2. The quantitative estimate of drug-likeness (QED) is 0.146. The number of hydrogen-bond acceptors (Lipinski definition) is 5. The van der Waals surface area contributed by atoms with Gasteiger partial charge in [0, 0.05) is 45.8 Å². The monoisotopic (exact) mass is 774 g/mol. The van der Waals surface area contributed by atoms with Gasteiger partial charge in [0.15, 0.2) is 0 Å². The average molecular weight is 775 g/mol. The van der Waals surface area contributed by atoms with Crippen LogP contribution in [0.5, 0.6) is 0 Å². The molecule has 5 aromatic carbocycles. The Morgan fingerprint density at radius 1 is 0.644 bits per heavy atom. The number of fused-ring (bicyclic) bond motifs is 7. The Balaban J connectivity index is 1.30. The molecule has 0 atom stereocenters. The van der Waals surface area contributed by atoms with E-state index in [1.807, 2.05) is 12.4 Å². The fourth-order valence-electron chi connectivity index (χ4n) is 9.25. The molecule has 0 saturated carbocycles. The molecule has 0 fully saturated rings. The van der Waals surface area contributed by atoms with Crippen molar-refractivity contribution in [3.8, 4) is 11.1 Å². The zero-order valence-electron chi connectivity index (χ0n) is 35.9. The Morgan fingerprint density at radius 3 is 1.83 bits per heavy atom. The zero-order chi connectivity index (χ0) is 41.2. The van der Waals surface area contributed by atoms with Gasteiger partial charge in [-0.15, -0.1) is 0 Å². The van der Waals surface area contributed by atoms with Crippen molar-refractivity contribution < 1.29 is 4.42 Å². The number of pyridine rings is 2. The van der Waals surface area contributed by atoms with E-state index in [4.69, 9.17) is 14.4 Å². The van der Waals surface area contributed by atoms with Crippen LogP contribution in [0, 0.1) is 13.8 Å². The fraction of sp³-hybridized carbons (Fsp3) is 0.259. The smallest absolute Gasteiger partial charge is 0.145 e. The molecule has 3 aromatic heterocycles. The maximum atomic E-state index is 7.07. The van der Waals surface area contributed by atoms with E-state index in [1.165, 1.54) is 33.4 Å². The SMILES string of the molecule is CCC1(CC)c2cc(N(c3ccc(C(C)(C)C)cc3)c3ccc(C)cn3)ccc2-c2c1cc(N(c1ccc(C(C)C)cc1)c1ccc(C)cn1)c1c2oc2ccccc21. The highest BCUT2D eigenvalue weighted by Crippen LogP contribution is 2.59. The normalized spacial score (nSPS) is 13.3. The first kappa shape index (κ1) is 38.3. The zero-order valence-corrected chi connectivity index (χ0v) is 35.9. The summed E-state index contributed by atoms with van der Waals surface area (Å²) in [7, 11) is 0. The Labute approximate surface area is 349 Å². The predicted octanol–water partition coefficient (Wildman–Crippen LogP) is 15.4. The van der Waals surface area contributed by atoms with Gasteiger partial charge in [-0.1, -0.05) is 109 Å².